The van der Waals surface area contributed by atoms with Gasteiger partial charge >= 0.3 is 5.97 Å². The summed E-state index contributed by atoms with van der Waals surface area (Å²) in [4.78, 5) is 11.5. The summed E-state index contributed by atoms with van der Waals surface area (Å²) in [7, 11) is 0. The van der Waals surface area contributed by atoms with Gasteiger partial charge in [0.15, 0.2) is 0 Å². The maximum atomic E-state index is 11.5. The van der Waals surface area contributed by atoms with Gasteiger partial charge in [-0.2, -0.15) is 0 Å². The third-order valence-electron chi connectivity index (χ3n) is 7.27. The molecule has 0 unspecified atom stereocenters. The molecular weight excluding hydrogens is 410 g/mol. The summed E-state index contributed by atoms with van der Waals surface area (Å²) < 4.78 is 6.29. The summed E-state index contributed by atoms with van der Waals surface area (Å²) in [6.45, 7) is 4.08. The molecule has 1 aliphatic carbocycles. The minimum absolute atomic E-state index is 0.161. The Bertz CT molecular complexity index is 914. The number of hydrogen-bond acceptors (Lipinski definition) is 3. The van der Waals surface area contributed by atoms with E-state index in [0.717, 1.165) is 74.1 Å². The number of halogens is 1. The van der Waals surface area contributed by atoms with Gasteiger partial charge in [-0.15, -0.1) is 0 Å². The molecule has 0 amide bonds. The second-order valence-corrected chi connectivity index (χ2v) is 10.2. The highest BCUT2D eigenvalue weighted by molar-refractivity contribution is 6.37. The van der Waals surface area contributed by atoms with Crippen LogP contribution in [0.25, 0.3) is 10.8 Å². The van der Waals surface area contributed by atoms with Crippen molar-refractivity contribution in [1.29, 1.82) is 0 Å². The molecule has 2 aliphatic rings. The van der Waals surface area contributed by atoms with Crippen LogP contribution in [-0.2, 0) is 11.2 Å². The summed E-state index contributed by atoms with van der Waals surface area (Å²) >= 11 is 6.79. The summed E-state index contributed by atoms with van der Waals surface area (Å²) in [6.07, 6.45) is 8.83. The highest BCUT2D eigenvalue weighted by Crippen LogP contribution is 2.38. The first-order valence-corrected chi connectivity index (χ1v) is 12.1. The maximum absolute atomic E-state index is 11.5. The van der Waals surface area contributed by atoms with E-state index in [1.165, 1.54) is 18.4 Å². The number of hydrogen-bond donors (Lipinski definition) is 2. The molecule has 1 saturated carbocycles. The largest absolute Gasteiger partial charge is 0.489 e. The number of benzene rings is 2. The number of piperidine rings is 1. The Labute approximate surface area is 190 Å². The number of carboxylic acid groups (broad SMARTS) is 1. The molecule has 1 heterocycles. The van der Waals surface area contributed by atoms with E-state index < -0.39 is 5.97 Å². The van der Waals surface area contributed by atoms with Crippen molar-refractivity contribution in [1.82, 2.24) is 5.32 Å². The molecule has 2 fully saturated rings. The van der Waals surface area contributed by atoms with Crippen LogP contribution in [0.3, 0.4) is 0 Å². The molecule has 4 rings (SSSR count). The van der Waals surface area contributed by atoms with Crippen molar-refractivity contribution in [2.45, 2.75) is 70.8 Å². The molecule has 4 nitrogen and oxygen atoms in total. The van der Waals surface area contributed by atoms with Crippen LogP contribution in [0.5, 0.6) is 5.75 Å². The molecule has 1 atom stereocenters. The average Bonchev–Trinajstić information content (AvgIpc) is 2.76. The molecule has 2 aromatic rings. The Hall–Kier alpha value is -1.78. The fourth-order valence-electron chi connectivity index (χ4n) is 5.30. The molecule has 0 bridgehead atoms. The molecule has 2 aromatic carbocycles. The van der Waals surface area contributed by atoms with Crippen LogP contribution < -0.4 is 10.1 Å². The van der Waals surface area contributed by atoms with E-state index in [0.29, 0.717) is 5.02 Å². The van der Waals surface area contributed by atoms with Crippen molar-refractivity contribution < 1.29 is 14.6 Å². The minimum Gasteiger partial charge on any atom is -0.489 e. The standard InChI is InChI=1S/C26H34ClNO3/c1-18-3-8-21(9-4-18)31-23-10-7-20-6-5-19(15-22(20)25(23)27)11-13-26(16-24(29)30)12-2-14-28-17-26/h5-7,10,15,18,21,28H,2-4,8-9,11-14,16-17H2,1H3,(H,29,30)/t18-,21+,26-/m0/s1. The van der Waals surface area contributed by atoms with Crippen LogP contribution >= 0.6 is 11.6 Å². The van der Waals surface area contributed by atoms with Crippen LogP contribution in [0.15, 0.2) is 30.3 Å². The molecule has 168 valence electrons. The fraction of sp³-hybridized carbons (Fsp3) is 0.577. The summed E-state index contributed by atoms with van der Waals surface area (Å²) in [5.74, 6) is 0.868. The van der Waals surface area contributed by atoms with Gasteiger partial charge in [-0.1, -0.05) is 36.7 Å². The lowest BCUT2D eigenvalue weighted by Gasteiger charge is -2.36. The average molecular weight is 444 g/mol. The van der Waals surface area contributed by atoms with Crippen LogP contribution in [0.2, 0.25) is 5.02 Å². The number of carbonyl (C=O) groups is 1. The van der Waals surface area contributed by atoms with E-state index in [4.69, 9.17) is 16.3 Å². The zero-order valence-electron chi connectivity index (χ0n) is 18.5. The van der Waals surface area contributed by atoms with Crippen LogP contribution in [-0.4, -0.2) is 30.3 Å². The summed E-state index contributed by atoms with van der Waals surface area (Å²) in [5, 5.41) is 15.7. The van der Waals surface area contributed by atoms with Gasteiger partial charge in [0.2, 0.25) is 0 Å². The van der Waals surface area contributed by atoms with Gasteiger partial charge in [-0.05, 0) is 92.3 Å². The smallest absolute Gasteiger partial charge is 0.303 e. The van der Waals surface area contributed by atoms with E-state index in [1.54, 1.807) is 0 Å². The molecule has 5 heteroatoms. The van der Waals surface area contributed by atoms with Crippen molar-refractivity contribution in [3.8, 4) is 5.75 Å². The predicted octanol–water partition coefficient (Wildman–Crippen LogP) is 6.23. The molecular formula is C26H34ClNO3. The lowest BCUT2D eigenvalue weighted by atomic mass is 9.73. The van der Waals surface area contributed by atoms with Gasteiger partial charge in [0.05, 0.1) is 17.5 Å². The quantitative estimate of drug-likeness (QED) is 0.532. The summed E-state index contributed by atoms with van der Waals surface area (Å²) in [5.41, 5.74) is 1.04. The second kappa shape index (κ2) is 9.79. The van der Waals surface area contributed by atoms with Gasteiger partial charge in [0.25, 0.3) is 0 Å². The number of ether oxygens (including phenoxy) is 1. The van der Waals surface area contributed by atoms with Crippen LogP contribution in [0.1, 0.15) is 63.9 Å². The predicted molar refractivity (Wildman–Crippen MR) is 126 cm³/mol. The Morgan fingerprint density at radius 2 is 2.00 bits per heavy atom. The first-order valence-electron chi connectivity index (χ1n) is 11.7. The first kappa shape index (κ1) is 22.4. The normalized spacial score (nSPS) is 26.6. The Morgan fingerprint density at radius 1 is 1.23 bits per heavy atom. The van der Waals surface area contributed by atoms with Crippen molar-refractivity contribution in [3.63, 3.8) is 0 Å². The third kappa shape index (κ3) is 5.53. The molecule has 0 radical (unpaired) electrons. The number of fused-ring (bicyclic) bond motifs is 1. The van der Waals surface area contributed by atoms with Crippen molar-refractivity contribution >= 4 is 28.3 Å². The Balaban J connectivity index is 1.50. The molecule has 1 saturated heterocycles. The number of carboxylic acids is 1. The second-order valence-electron chi connectivity index (χ2n) is 9.78. The van der Waals surface area contributed by atoms with Crippen molar-refractivity contribution in [2.24, 2.45) is 11.3 Å². The summed E-state index contributed by atoms with van der Waals surface area (Å²) in [6, 6.07) is 10.5. The number of aliphatic carboxylic acids is 1. The minimum atomic E-state index is -0.704. The van der Waals surface area contributed by atoms with Gasteiger partial charge in [0.1, 0.15) is 5.75 Å². The topological polar surface area (TPSA) is 58.6 Å². The molecule has 0 spiro atoms. The lowest BCUT2D eigenvalue weighted by molar-refractivity contribution is -0.140. The van der Waals surface area contributed by atoms with Crippen molar-refractivity contribution in [3.05, 3.63) is 40.9 Å². The highest BCUT2D eigenvalue weighted by Gasteiger charge is 2.34. The number of rotatable bonds is 7. The SMILES string of the molecule is C[C@H]1CC[C@@H](Oc2ccc3ccc(CC[C@]4(CC(=O)O)CCCNC4)cc3c2Cl)CC1. The van der Waals surface area contributed by atoms with Gasteiger partial charge in [-0.25, -0.2) is 0 Å². The lowest BCUT2D eigenvalue weighted by Crippen LogP contribution is -2.41. The fourth-order valence-corrected chi connectivity index (χ4v) is 5.57. The van der Waals surface area contributed by atoms with E-state index in [2.05, 4.69) is 36.5 Å². The highest BCUT2D eigenvalue weighted by atomic mass is 35.5. The van der Waals surface area contributed by atoms with Crippen molar-refractivity contribution in [2.75, 3.05) is 13.1 Å². The monoisotopic (exact) mass is 443 g/mol. The molecule has 0 aromatic heterocycles. The number of nitrogens with one attached hydrogen (secondary N) is 1. The number of aryl methyl sites for hydroxylation is 1. The van der Waals surface area contributed by atoms with Gasteiger partial charge in [-0.3, -0.25) is 4.79 Å². The van der Waals surface area contributed by atoms with Gasteiger partial charge in [0, 0.05) is 11.9 Å². The molecule has 2 N–H and O–H groups in total. The maximum Gasteiger partial charge on any atom is 0.303 e. The zero-order valence-corrected chi connectivity index (χ0v) is 19.2. The van der Waals surface area contributed by atoms with E-state index >= 15 is 0 Å². The Morgan fingerprint density at radius 3 is 2.71 bits per heavy atom. The van der Waals surface area contributed by atoms with Crippen LogP contribution in [0, 0.1) is 11.3 Å². The Kier molecular flexibility index (Phi) is 7.08. The van der Waals surface area contributed by atoms with E-state index in [1.807, 2.05) is 6.07 Å². The van der Waals surface area contributed by atoms with E-state index in [9.17, 15) is 9.90 Å². The zero-order chi connectivity index (χ0) is 21.8. The van der Waals surface area contributed by atoms with Crippen LogP contribution in [0.4, 0.5) is 0 Å². The van der Waals surface area contributed by atoms with E-state index in [-0.39, 0.29) is 17.9 Å². The molecule has 31 heavy (non-hydrogen) atoms. The third-order valence-corrected chi connectivity index (χ3v) is 7.66. The molecule has 1 aliphatic heterocycles. The first-order chi connectivity index (χ1) is 14.9. The van der Waals surface area contributed by atoms with Gasteiger partial charge < -0.3 is 15.2 Å².